The average molecular weight is 434 g/mol. The van der Waals surface area contributed by atoms with Crippen LogP contribution in [0.1, 0.15) is 48.6 Å². The van der Waals surface area contributed by atoms with Crippen LogP contribution in [-0.2, 0) is 13.1 Å². The molecule has 2 aromatic carbocycles. The van der Waals surface area contributed by atoms with E-state index in [4.69, 9.17) is 4.98 Å². The maximum atomic E-state index is 10.7. The van der Waals surface area contributed by atoms with Crippen molar-refractivity contribution in [3.63, 3.8) is 0 Å². The first kappa shape index (κ1) is 24.1. The molecule has 0 unspecified atom stereocenters. The van der Waals surface area contributed by atoms with Crippen molar-refractivity contribution in [1.82, 2.24) is 14.8 Å². The van der Waals surface area contributed by atoms with Gasteiger partial charge in [0.2, 0.25) is 0 Å². The number of pyridine rings is 1. The maximum Gasteiger partial charge on any atom is 0.0942 e. The zero-order valence-electron chi connectivity index (χ0n) is 19.5. The molecule has 0 fully saturated rings. The second-order valence-corrected chi connectivity index (χ2v) is 8.64. The lowest BCUT2D eigenvalue weighted by molar-refractivity contribution is 0.0667. The highest BCUT2D eigenvalue weighted by Crippen LogP contribution is 2.22. The van der Waals surface area contributed by atoms with Gasteiger partial charge < -0.3 is 10.2 Å². The third-order valence-corrected chi connectivity index (χ3v) is 6.27. The number of hydrogen-bond acceptors (Lipinski definition) is 5. The average Bonchev–Trinajstić information content (AvgIpc) is 2.83. The number of benzene rings is 2. The summed E-state index contributed by atoms with van der Waals surface area (Å²) in [6.45, 7) is 5.35. The van der Waals surface area contributed by atoms with Crippen molar-refractivity contribution in [1.29, 1.82) is 0 Å². The van der Waals surface area contributed by atoms with Crippen LogP contribution in [0.3, 0.4) is 0 Å². The molecule has 0 radical (unpaired) electrons. The predicted molar refractivity (Wildman–Crippen MR) is 129 cm³/mol. The molecule has 1 aromatic heterocycles. The smallest absolute Gasteiger partial charge is 0.0942 e. The molecule has 0 saturated heterocycles. The fourth-order valence-corrected chi connectivity index (χ4v) is 3.84. The number of likely N-dealkylation sites (N-methyl/N-ethyl adjacent to an activating group) is 2. The summed E-state index contributed by atoms with van der Waals surface area (Å²) in [5.41, 5.74) is 3.76. The lowest BCUT2D eigenvalue weighted by Crippen LogP contribution is -2.35. The van der Waals surface area contributed by atoms with Gasteiger partial charge >= 0.3 is 0 Å². The first-order valence-electron chi connectivity index (χ1n) is 11.2. The van der Waals surface area contributed by atoms with Crippen molar-refractivity contribution in [2.24, 2.45) is 0 Å². The van der Waals surface area contributed by atoms with E-state index in [-0.39, 0.29) is 12.1 Å². The zero-order chi connectivity index (χ0) is 23.1. The summed E-state index contributed by atoms with van der Waals surface area (Å²) in [7, 11) is 4.02. The molecule has 1 heterocycles. The molecular formula is C27H35N3O2. The molecule has 0 aliphatic rings. The number of aliphatic hydroxyl groups excluding tert-OH is 2. The molecule has 0 aliphatic heterocycles. The first-order chi connectivity index (χ1) is 15.4. The van der Waals surface area contributed by atoms with Gasteiger partial charge in [0.15, 0.2) is 0 Å². The molecule has 0 saturated carbocycles. The summed E-state index contributed by atoms with van der Waals surface area (Å²) in [6.07, 6.45) is -1.12. The zero-order valence-corrected chi connectivity index (χ0v) is 19.5. The Morgan fingerprint density at radius 2 is 1.00 bits per heavy atom. The highest BCUT2D eigenvalue weighted by Gasteiger charge is 2.22. The minimum atomic E-state index is -0.559. The van der Waals surface area contributed by atoms with Crippen molar-refractivity contribution in [2.45, 2.75) is 51.2 Å². The van der Waals surface area contributed by atoms with E-state index in [1.165, 1.54) is 0 Å². The topological polar surface area (TPSA) is 59.8 Å². The second-order valence-electron chi connectivity index (χ2n) is 8.64. The highest BCUT2D eigenvalue weighted by atomic mass is 16.3. The summed E-state index contributed by atoms with van der Waals surface area (Å²) >= 11 is 0. The standard InChI is InChI=1S/C27H35N3O2/c1-20(26(31)22-12-7-5-8-13-22)29(3)18-24-16-11-17-25(28-24)19-30(4)21(2)27(32)23-14-9-6-10-15-23/h5-17,20-21,26-27,31-32H,18-19H2,1-4H3/t20-,21-,26-,27-/m0/s1. The molecule has 5 nitrogen and oxygen atoms in total. The largest absolute Gasteiger partial charge is 0.387 e. The minimum absolute atomic E-state index is 0.0495. The Balaban J connectivity index is 1.61. The van der Waals surface area contributed by atoms with Crippen molar-refractivity contribution >= 4 is 0 Å². The molecule has 170 valence electrons. The quantitative estimate of drug-likeness (QED) is 0.502. The number of hydrogen-bond donors (Lipinski definition) is 2. The van der Waals surface area contributed by atoms with Gasteiger partial charge in [-0.3, -0.25) is 14.8 Å². The van der Waals surface area contributed by atoms with Crippen molar-refractivity contribution in [3.8, 4) is 0 Å². The van der Waals surface area contributed by atoms with E-state index in [9.17, 15) is 10.2 Å². The predicted octanol–water partition coefficient (Wildman–Crippen LogP) is 4.19. The fraction of sp³-hybridized carbons (Fsp3) is 0.370. The number of rotatable bonds is 10. The van der Waals surface area contributed by atoms with Gasteiger partial charge in [0.05, 0.1) is 23.6 Å². The normalized spacial score (nSPS) is 15.5. The maximum absolute atomic E-state index is 10.7. The third kappa shape index (κ3) is 6.24. The SMILES string of the molecule is C[C@@H]([C@H](O)c1ccccc1)N(C)Cc1cccc(CN(C)[C@@H](C)[C@H](O)c2ccccc2)n1. The van der Waals surface area contributed by atoms with Crippen molar-refractivity contribution < 1.29 is 10.2 Å². The lowest BCUT2D eigenvalue weighted by atomic mass is 10.0. The Morgan fingerprint density at radius 3 is 1.38 bits per heavy atom. The van der Waals surface area contributed by atoms with Gasteiger partial charge in [-0.05, 0) is 51.2 Å². The van der Waals surface area contributed by atoms with Crippen LogP contribution in [0.25, 0.3) is 0 Å². The Bertz CT molecular complexity index is 877. The molecule has 0 bridgehead atoms. The van der Waals surface area contributed by atoms with E-state index in [0.717, 1.165) is 22.5 Å². The second kappa shape index (κ2) is 11.3. The fourth-order valence-electron chi connectivity index (χ4n) is 3.84. The van der Waals surface area contributed by atoms with Crippen LogP contribution in [0.4, 0.5) is 0 Å². The van der Waals surface area contributed by atoms with Crippen LogP contribution in [0.15, 0.2) is 78.9 Å². The highest BCUT2D eigenvalue weighted by molar-refractivity contribution is 5.20. The number of nitrogens with zero attached hydrogens (tertiary/aromatic N) is 3. The van der Waals surface area contributed by atoms with Gasteiger partial charge in [-0.25, -0.2) is 0 Å². The summed E-state index contributed by atoms with van der Waals surface area (Å²) in [6, 6.07) is 25.5. The number of aromatic nitrogens is 1. The van der Waals surface area contributed by atoms with E-state index in [1.54, 1.807) is 0 Å². The van der Waals surface area contributed by atoms with Gasteiger partial charge in [-0.1, -0.05) is 66.7 Å². The van der Waals surface area contributed by atoms with E-state index in [0.29, 0.717) is 13.1 Å². The molecule has 0 aliphatic carbocycles. The van der Waals surface area contributed by atoms with Crippen LogP contribution in [-0.4, -0.2) is 51.2 Å². The van der Waals surface area contributed by atoms with Crippen molar-refractivity contribution in [2.75, 3.05) is 14.1 Å². The van der Waals surface area contributed by atoms with Gasteiger partial charge in [-0.15, -0.1) is 0 Å². The monoisotopic (exact) mass is 433 g/mol. The summed E-state index contributed by atoms with van der Waals surface area (Å²) in [4.78, 5) is 9.08. The first-order valence-corrected chi connectivity index (χ1v) is 11.2. The Hall–Kier alpha value is -2.57. The summed E-state index contributed by atoms with van der Waals surface area (Å²) in [5.74, 6) is 0. The van der Waals surface area contributed by atoms with Gasteiger partial charge in [0.1, 0.15) is 0 Å². The molecule has 2 N–H and O–H groups in total. The minimum Gasteiger partial charge on any atom is -0.387 e. The molecule has 3 rings (SSSR count). The molecule has 4 atom stereocenters. The van der Waals surface area contributed by atoms with Crippen LogP contribution in [0.2, 0.25) is 0 Å². The molecule has 5 heteroatoms. The van der Waals surface area contributed by atoms with E-state index in [1.807, 2.05) is 107 Å². The van der Waals surface area contributed by atoms with Gasteiger partial charge in [-0.2, -0.15) is 0 Å². The summed E-state index contributed by atoms with van der Waals surface area (Å²) < 4.78 is 0. The van der Waals surface area contributed by atoms with Crippen LogP contribution in [0, 0.1) is 0 Å². The Morgan fingerprint density at radius 1 is 0.625 bits per heavy atom. The van der Waals surface area contributed by atoms with E-state index in [2.05, 4.69) is 9.80 Å². The Kier molecular flexibility index (Phi) is 8.53. The molecule has 3 aromatic rings. The van der Waals surface area contributed by atoms with Gasteiger partial charge in [0.25, 0.3) is 0 Å². The van der Waals surface area contributed by atoms with Crippen molar-refractivity contribution in [3.05, 3.63) is 101 Å². The van der Waals surface area contributed by atoms with Gasteiger partial charge in [0, 0.05) is 25.2 Å². The third-order valence-electron chi connectivity index (χ3n) is 6.27. The van der Waals surface area contributed by atoms with Crippen LogP contribution in [0.5, 0.6) is 0 Å². The summed E-state index contributed by atoms with van der Waals surface area (Å²) in [5, 5.41) is 21.5. The molecular weight excluding hydrogens is 398 g/mol. The van der Waals surface area contributed by atoms with E-state index >= 15 is 0 Å². The molecule has 0 amide bonds. The van der Waals surface area contributed by atoms with Crippen LogP contribution >= 0.6 is 0 Å². The van der Waals surface area contributed by atoms with Crippen LogP contribution < -0.4 is 0 Å². The molecule has 32 heavy (non-hydrogen) atoms. The lowest BCUT2D eigenvalue weighted by Gasteiger charge is -2.30. The van der Waals surface area contributed by atoms with E-state index < -0.39 is 12.2 Å². The molecule has 0 spiro atoms. The Labute approximate surface area is 192 Å². The number of aliphatic hydroxyl groups is 2.